The van der Waals surface area contributed by atoms with Crippen LogP contribution in [-0.2, 0) is 13.1 Å². The Kier molecular flexibility index (Phi) is 6.05. The summed E-state index contributed by atoms with van der Waals surface area (Å²) in [7, 11) is 0. The zero-order valence-corrected chi connectivity index (χ0v) is 23.5. The molecule has 0 saturated carbocycles. The molecule has 3 aromatic rings. The fourth-order valence-corrected chi connectivity index (χ4v) is 6.89. The summed E-state index contributed by atoms with van der Waals surface area (Å²) < 4.78 is 2.18. The molecular formula is C32H41N7. The first-order valence-electron chi connectivity index (χ1n) is 14.6. The van der Waals surface area contributed by atoms with E-state index in [0.29, 0.717) is 17.4 Å². The van der Waals surface area contributed by atoms with Gasteiger partial charge in [0, 0.05) is 66.7 Å². The van der Waals surface area contributed by atoms with Crippen molar-refractivity contribution in [3.8, 4) is 0 Å². The summed E-state index contributed by atoms with van der Waals surface area (Å²) in [6.07, 6.45) is 17.9. The number of aromatic nitrogens is 3. The molecule has 0 amide bonds. The van der Waals surface area contributed by atoms with Gasteiger partial charge in [-0.1, -0.05) is 26.5 Å². The monoisotopic (exact) mass is 523 g/mol. The lowest BCUT2D eigenvalue weighted by Gasteiger charge is -2.54. The van der Waals surface area contributed by atoms with E-state index in [1.165, 1.54) is 55.6 Å². The summed E-state index contributed by atoms with van der Waals surface area (Å²) in [5.41, 5.74) is 8.95. The van der Waals surface area contributed by atoms with Crippen LogP contribution in [-0.4, -0.2) is 63.4 Å². The SMILES string of the molecule is C=C1c2cncc(N3CC4(CCNCC4)C3)c2C=CN1Cc1cn2cc(CN3CCC(C)(C)CC3)ccc2n1. The third-order valence-electron chi connectivity index (χ3n) is 9.61. The molecule has 7 rings (SSSR count). The third-order valence-corrected chi connectivity index (χ3v) is 9.61. The number of nitrogens with one attached hydrogen (secondary N) is 1. The molecule has 0 aliphatic carbocycles. The van der Waals surface area contributed by atoms with E-state index in [2.05, 4.69) is 86.6 Å². The number of hydrogen-bond donors (Lipinski definition) is 1. The van der Waals surface area contributed by atoms with Crippen LogP contribution in [0.15, 0.2) is 49.7 Å². The van der Waals surface area contributed by atoms with Crippen molar-refractivity contribution in [1.29, 1.82) is 0 Å². The van der Waals surface area contributed by atoms with Crippen molar-refractivity contribution in [3.63, 3.8) is 0 Å². The Morgan fingerprint density at radius 3 is 2.56 bits per heavy atom. The van der Waals surface area contributed by atoms with Crippen LogP contribution in [0, 0.1) is 10.8 Å². The van der Waals surface area contributed by atoms with E-state index in [4.69, 9.17) is 4.98 Å². The molecule has 7 heterocycles. The Balaban J connectivity index is 1.04. The van der Waals surface area contributed by atoms with Gasteiger partial charge in [0.05, 0.1) is 24.1 Å². The van der Waals surface area contributed by atoms with Gasteiger partial charge in [-0.15, -0.1) is 0 Å². The van der Waals surface area contributed by atoms with Gasteiger partial charge in [-0.3, -0.25) is 9.88 Å². The number of nitrogens with zero attached hydrogens (tertiary/aromatic N) is 6. The highest BCUT2D eigenvalue weighted by molar-refractivity contribution is 5.83. The lowest BCUT2D eigenvalue weighted by atomic mass is 9.72. The number of likely N-dealkylation sites (tertiary alicyclic amines) is 1. The number of fused-ring (bicyclic) bond motifs is 2. The molecule has 4 aliphatic heterocycles. The zero-order valence-electron chi connectivity index (χ0n) is 23.5. The smallest absolute Gasteiger partial charge is 0.137 e. The summed E-state index contributed by atoms with van der Waals surface area (Å²) in [6, 6.07) is 4.39. The molecule has 39 heavy (non-hydrogen) atoms. The van der Waals surface area contributed by atoms with Gasteiger partial charge in [0.1, 0.15) is 5.65 Å². The number of anilines is 1. The molecule has 0 aromatic carbocycles. The van der Waals surface area contributed by atoms with E-state index in [1.54, 1.807) is 0 Å². The molecular weight excluding hydrogens is 482 g/mol. The minimum Gasteiger partial charge on any atom is -0.369 e. The minimum atomic E-state index is 0.481. The average Bonchev–Trinajstić information content (AvgIpc) is 3.32. The summed E-state index contributed by atoms with van der Waals surface area (Å²) in [6.45, 7) is 17.9. The van der Waals surface area contributed by atoms with Gasteiger partial charge in [0.15, 0.2) is 0 Å². The molecule has 4 aliphatic rings. The van der Waals surface area contributed by atoms with Crippen LogP contribution in [0.2, 0.25) is 0 Å². The van der Waals surface area contributed by atoms with E-state index in [-0.39, 0.29) is 0 Å². The van der Waals surface area contributed by atoms with Gasteiger partial charge in [-0.2, -0.15) is 0 Å². The van der Waals surface area contributed by atoms with Crippen molar-refractivity contribution >= 4 is 23.1 Å². The standard InChI is InChI=1S/C32H41N7/c1-24-28-16-34-17-29(39-22-32(23-39)7-11-33-12-8-32)27(28)6-13-37(24)20-26-21-38-19-25(4-5-30(38)35-26)18-36-14-9-31(2,3)10-15-36/h4-6,13,16-17,19,21,33H,1,7-12,14-15,18,20,22-23H2,2-3H3. The molecule has 0 bridgehead atoms. The predicted octanol–water partition coefficient (Wildman–Crippen LogP) is 5.00. The van der Waals surface area contributed by atoms with Gasteiger partial charge in [0.25, 0.3) is 0 Å². The van der Waals surface area contributed by atoms with Crippen molar-refractivity contribution in [2.45, 2.75) is 52.6 Å². The highest BCUT2D eigenvalue weighted by Crippen LogP contribution is 2.44. The molecule has 3 aromatic heterocycles. The number of rotatable bonds is 5. The van der Waals surface area contributed by atoms with E-state index < -0.39 is 0 Å². The Morgan fingerprint density at radius 2 is 1.77 bits per heavy atom. The summed E-state index contributed by atoms with van der Waals surface area (Å²) in [5.74, 6) is 0. The second kappa shape index (κ2) is 9.49. The first-order chi connectivity index (χ1) is 18.9. The lowest BCUT2D eigenvalue weighted by Crippen LogP contribution is -2.60. The van der Waals surface area contributed by atoms with E-state index >= 15 is 0 Å². The first-order valence-corrected chi connectivity index (χ1v) is 14.6. The number of hydrogen-bond acceptors (Lipinski definition) is 6. The molecule has 7 heteroatoms. The van der Waals surface area contributed by atoms with Crippen molar-refractivity contribution < 1.29 is 0 Å². The number of imidazole rings is 1. The Labute approximate surface area is 232 Å². The summed E-state index contributed by atoms with van der Waals surface area (Å²) >= 11 is 0. The fourth-order valence-electron chi connectivity index (χ4n) is 6.89. The Morgan fingerprint density at radius 1 is 0.974 bits per heavy atom. The number of piperidine rings is 2. The molecule has 1 N–H and O–H groups in total. The predicted molar refractivity (Wildman–Crippen MR) is 158 cm³/mol. The molecule has 0 unspecified atom stereocenters. The molecule has 0 atom stereocenters. The van der Waals surface area contributed by atoms with Crippen molar-refractivity contribution in [2.75, 3.05) is 44.2 Å². The first kappa shape index (κ1) is 24.9. The van der Waals surface area contributed by atoms with Gasteiger partial charge < -0.3 is 19.5 Å². The maximum absolute atomic E-state index is 4.92. The van der Waals surface area contributed by atoms with Crippen LogP contribution in [0.1, 0.15) is 61.9 Å². The molecule has 0 radical (unpaired) electrons. The second-order valence-corrected chi connectivity index (χ2v) is 13.1. The second-order valence-electron chi connectivity index (χ2n) is 13.1. The van der Waals surface area contributed by atoms with Crippen LogP contribution in [0.5, 0.6) is 0 Å². The van der Waals surface area contributed by atoms with Crippen LogP contribution in [0.25, 0.3) is 17.4 Å². The van der Waals surface area contributed by atoms with Gasteiger partial charge in [-0.05, 0) is 75.0 Å². The normalized spacial score (nSPS) is 22.4. The van der Waals surface area contributed by atoms with Crippen molar-refractivity contribution in [1.82, 2.24) is 29.5 Å². The largest absolute Gasteiger partial charge is 0.369 e. The van der Waals surface area contributed by atoms with Gasteiger partial charge in [0.2, 0.25) is 0 Å². The van der Waals surface area contributed by atoms with Gasteiger partial charge in [-0.25, -0.2) is 4.98 Å². The fraction of sp³-hybridized carbons (Fsp3) is 0.500. The highest BCUT2D eigenvalue weighted by Gasteiger charge is 2.44. The highest BCUT2D eigenvalue weighted by atomic mass is 15.2. The molecule has 7 nitrogen and oxygen atoms in total. The topological polar surface area (TPSA) is 51.9 Å². The van der Waals surface area contributed by atoms with Crippen LogP contribution < -0.4 is 10.2 Å². The van der Waals surface area contributed by atoms with Gasteiger partial charge >= 0.3 is 0 Å². The van der Waals surface area contributed by atoms with Crippen LogP contribution in [0.4, 0.5) is 5.69 Å². The van der Waals surface area contributed by atoms with E-state index in [9.17, 15) is 0 Å². The van der Waals surface area contributed by atoms with E-state index in [1.807, 2.05) is 12.4 Å². The third kappa shape index (κ3) is 4.76. The molecule has 3 fully saturated rings. The maximum Gasteiger partial charge on any atom is 0.137 e. The molecule has 3 saturated heterocycles. The number of pyridine rings is 2. The van der Waals surface area contributed by atoms with Crippen LogP contribution >= 0.6 is 0 Å². The summed E-state index contributed by atoms with van der Waals surface area (Å²) in [5, 5.41) is 3.51. The summed E-state index contributed by atoms with van der Waals surface area (Å²) in [4.78, 5) is 16.8. The zero-order chi connectivity index (χ0) is 26.6. The lowest BCUT2D eigenvalue weighted by molar-refractivity contribution is 0.127. The van der Waals surface area contributed by atoms with Crippen molar-refractivity contribution in [2.24, 2.45) is 10.8 Å². The quantitative estimate of drug-likeness (QED) is 0.508. The average molecular weight is 524 g/mol. The Bertz CT molecular complexity index is 1410. The molecule has 1 spiro atoms. The minimum absolute atomic E-state index is 0.481. The molecule has 204 valence electrons. The maximum atomic E-state index is 4.92. The van der Waals surface area contributed by atoms with Crippen LogP contribution in [0.3, 0.4) is 0 Å². The Hall–Kier alpha value is -3.16. The van der Waals surface area contributed by atoms with E-state index in [0.717, 1.165) is 55.3 Å². The van der Waals surface area contributed by atoms with Crippen molar-refractivity contribution in [3.05, 3.63) is 72.1 Å².